The molecule has 0 saturated heterocycles. The molecule has 0 spiro atoms. The molecule has 110 valence electrons. The molecule has 0 fully saturated rings. The molecular weight excluding hydrogens is 272 g/mol. The van der Waals surface area contributed by atoms with Gasteiger partial charge in [0.1, 0.15) is 12.4 Å². The molecule has 2 aromatic carbocycles. The van der Waals surface area contributed by atoms with Crippen LogP contribution in [0.5, 0.6) is 5.75 Å². The second-order valence-corrected chi connectivity index (χ2v) is 5.68. The zero-order chi connectivity index (χ0) is 14.8. The van der Waals surface area contributed by atoms with Crippen molar-refractivity contribution in [3.63, 3.8) is 0 Å². The summed E-state index contributed by atoms with van der Waals surface area (Å²) in [4.78, 5) is 4.34. The van der Waals surface area contributed by atoms with Gasteiger partial charge >= 0.3 is 0 Å². The van der Waals surface area contributed by atoms with Crippen LogP contribution < -0.4 is 10.1 Å². The molecule has 0 amide bonds. The predicted octanol–water partition coefficient (Wildman–Crippen LogP) is 3.46. The first-order chi connectivity index (χ1) is 10.9. The summed E-state index contributed by atoms with van der Waals surface area (Å²) in [5.74, 6) is 0.939. The maximum Gasteiger partial charge on any atom is 0.120 e. The molecule has 22 heavy (non-hydrogen) atoms. The molecule has 3 aromatic rings. The van der Waals surface area contributed by atoms with Gasteiger partial charge in [0, 0.05) is 18.1 Å². The van der Waals surface area contributed by atoms with E-state index in [1.807, 2.05) is 18.3 Å². The van der Waals surface area contributed by atoms with E-state index >= 15 is 0 Å². The summed E-state index contributed by atoms with van der Waals surface area (Å²) in [6.45, 7) is 2.59. The first kappa shape index (κ1) is 13.3. The van der Waals surface area contributed by atoms with Gasteiger partial charge in [-0.3, -0.25) is 4.98 Å². The molecule has 0 aliphatic carbocycles. The number of hydrogen-bond donors (Lipinski definition) is 1. The lowest BCUT2D eigenvalue weighted by molar-refractivity contribution is 0.305. The number of rotatable bonds is 3. The third kappa shape index (κ3) is 2.68. The molecule has 0 saturated carbocycles. The van der Waals surface area contributed by atoms with Gasteiger partial charge < -0.3 is 10.1 Å². The number of aromatic nitrogens is 1. The molecule has 0 bridgehead atoms. The lowest BCUT2D eigenvalue weighted by atomic mass is 10.0. The molecule has 0 radical (unpaired) electrons. The van der Waals surface area contributed by atoms with Gasteiger partial charge in [-0.2, -0.15) is 0 Å². The van der Waals surface area contributed by atoms with Gasteiger partial charge in [-0.15, -0.1) is 0 Å². The smallest absolute Gasteiger partial charge is 0.120 e. The fourth-order valence-electron chi connectivity index (χ4n) is 2.93. The molecule has 1 aliphatic rings. The number of fused-ring (bicyclic) bond motifs is 2. The lowest BCUT2D eigenvalue weighted by Gasteiger charge is -2.18. The van der Waals surface area contributed by atoms with E-state index in [1.165, 1.54) is 11.1 Å². The van der Waals surface area contributed by atoms with Crippen molar-refractivity contribution in [3.8, 4) is 5.75 Å². The number of ether oxygens (including phenoxy) is 1. The highest BCUT2D eigenvalue weighted by atomic mass is 16.5. The molecule has 1 N–H and O–H groups in total. The van der Waals surface area contributed by atoms with Crippen LogP contribution in [-0.4, -0.2) is 11.5 Å². The van der Waals surface area contributed by atoms with Gasteiger partial charge in [-0.05, 0) is 60.0 Å². The highest BCUT2D eigenvalue weighted by Gasteiger charge is 2.09. The summed E-state index contributed by atoms with van der Waals surface area (Å²) in [6.07, 6.45) is 2.92. The maximum atomic E-state index is 5.96. The number of hydrogen-bond acceptors (Lipinski definition) is 3. The van der Waals surface area contributed by atoms with Crippen LogP contribution >= 0.6 is 0 Å². The van der Waals surface area contributed by atoms with E-state index in [-0.39, 0.29) is 0 Å². The van der Waals surface area contributed by atoms with E-state index in [9.17, 15) is 0 Å². The summed E-state index contributed by atoms with van der Waals surface area (Å²) >= 11 is 0. The summed E-state index contributed by atoms with van der Waals surface area (Å²) in [7, 11) is 0. The van der Waals surface area contributed by atoms with Crippen LogP contribution in [0.2, 0.25) is 0 Å². The molecular formula is C19H18N2O. The number of pyridine rings is 1. The van der Waals surface area contributed by atoms with E-state index in [0.717, 1.165) is 41.7 Å². The van der Waals surface area contributed by atoms with Crippen molar-refractivity contribution in [1.29, 1.82) is 0 Å². The second kappa shape index (κ2) is 5.78. The monoisotopic (exact) mass is 290 g/mol. The largest absolute Gasteiger partial charge is 0.489 e. The maximum absolute atomic E-state index is 5.96. The molecule has 3 heteroatoms. The summed E-state index contributed by atoms with van der Waals surface area (Å²) in [5, 5.41) is 4.55. The van der Waals surface area contributed by atoms with Crippen molar-refractivity contribution in [2.45, 2.75) is 19.6 Å². The van der Waals surface area contributed by atoms with Crippen LogP contribution in [0.15, 0.2) is 54.7 Å². The highest BCUT2D eigenvalue weighted by Crippen LogP contribution is 2.22. The van der Waals surface area contributed by atoms with E-state index < -0.39 is 0 Å². The van der Waals surface area contributed by atoms with Crippen molar-refractivity contribution in [3.05, 3.63) is 71.4 Å². The lowest BCUT2D eigenvalue weighted by Crippen LogP contribution is -2.23. The molecule has 2 heterocycles. The summed E-state index contributed by atoms with van der Waals surface area (Å²) in [6, 6.07) is 16.7. The van der Waals surface area contributed by atoms with E-state index in [0.29, 0.717) is 6.61 Å². The fraction of sp³-hybridized carbons (Fsp3) is 0.211. The highest BCUT2D eigenvalue weighted by molar-refractivity contribution is 5.78. The zero-order valence-corrected chi connectivity index (χ0v) is 12.4. The Labute approximate surface area is 130 Å². The van der Waals surface area contributed by atoms with Gasteiger partial charge in [-0.25, -0.2) is 0 Å². The summed E-state index contributed by atoms with van der Waals surface area (Å²) < 4.78 is 5.96. The molecule has 1 aliphatic heterocycles. The van der Waals surface area contributed by atoms with Gasteiger partial charge in [0.2, 0.25) is 0 Å². The van der Waals surface area contributed by atoms with Gasteiger partial charge in [0.05, 0.1) is 5.52 Å². The Bertz CT molecular complexity index is 813. The van der Waals surface area contributed by atoms with Gasteiger partial charge in [0.15, 0.2) is 0 Å². The van der Waals surface area contributed by atoms with Crippen molar-refractivity contribution in [1.82, 2.24) is 10.3 Å². The van der Waals surface area contributed by atoms with Crippen LogP contribution in [0, 0.1) is 0 Å². The summed E-state index contributed by atoms with van der Waals surface area (Å²) in [5.41, 5.74) is 4.97. The second-order valence-electron chi connectivity index (χ2n) is 5.68. The van der Waals surface area contributed by atoms with E-state index in [4.69, 9.17) is 4.74 Å². The third-order valence-electron chi connectivity index (χ3n) is 4.14. The molecule has 4 rings (SSSR count). The van der Waals surface area contributed by atoms with Gasteiger partial charge in [-0.1, -0.05) is 18.2 Å². The first-order valence-corrected chi connectivity index (χ1v) is 7.67. The number of nitrogens with zero attached hydrogens (tertiary/aromatic N) is 1. The van der Waals surface area contributed by atoms with Crippen LogP contribution in [0.4, 0.5) is 0 Å². The standard InChI is InChI=1S/C19H18N2O/c1-2-16-10-14(3-6-19(16)21-8-1)13-22-18-5-4-15-7-9-20-12-17(15)11-18/h1-6,8,10-11,20H,7,9,12-13H2. The minimum absolute atomic E-state index is 0.580. The Morgan fingerprint density at radius 1 is 1.05 bits per heavy atom. The van der Waals surface area contributed by atoms with E-state index in [2.05, 4.69) is 46.7 Å². The van der Waals surface area contributed by atoms with Crippen LogP contribution in [-0.2, 0) is 19.6 Å². The third-order valence-corrected chi connectivity index (χ3v) is 4.14. The number of benzene rings is 2. The average Bonchev–Trinajstić information content (AvgIpc) is 2.59. The Morgan fingerprint density at radius 2 is 2.05 bits per heavy atom. The normalized spacial score (nSPS) is 13.8. The van der Waals surface area contributed by atoms with Crippen molar-refractivity contribution in [2.24, 2.45) is 0 Å². The van der Waals surface area contributed by atoms with E-state index in [1.54, 1.807) is 0 Å². The minimum Gasteiger partial charge on any atom is -0.489 e. The molecule has 0 atom stereocenters. The minimum atomic E-state index is 0.580. The fourth-order valence-corrected chi connectivity index (χ4v) is 2.93. The SMILES string of the molecule is c1cnc2ccc(COc3ccc4c(c3)CNCC4)cc2c1. The van der Waals surface area contributed by atoms with Gasteiger partial charge in [0.25, 0.3) is 0 Å². The van der Waals surface area contributed by atoms with Crippen molar-refractivity contribution in [2.75, 3.05) is 6.54 Å². The van der Waals surface area contributed by atoms with Crippen LogP contribution in [0.25, 0.3) is 10.9 Å². The van der Waals surface area contributed by atoms with Crippen molar-refractivity contribution >= 4 is 10.9 Å². The average molecular weight is 290 g/mol. The molecule has 0 unspecified atom stereocenters. The Kier molecular flexibility index (Phi) is 3.49. The predicted molar refractivity (Wildman–Crippen MR) is 87.9 cm³/mol. The Morgan fingerprint density at radius 3 is 3.05 bits per heavy atom. The van der Waals surface area contributed by atoms with Crippen molar-refractivity contribution < 1.29 is 4.74 Å². The topological polar surface area (TPSA) is 34.1 Å². The first-order valence-electron chi connectivity index (χ1n) is 7.67. The molecule has 1 aromatic heterocycles. The number of nitrogens with one attached hydrogen (secondary N) is 1. The Hall–Kier alpha value is -2.39. The van der Waals surface area contributed by atoms with Crippen LogP contribution in [0.3, 0.4) is 0 Å². The Balaban J connectivity index is 1.51. The van der Waals surface area contributed by atoms with Crippen LogP contribution in [0.1, 0.15) is 16.7 Å². The quantitative estimate of drug-likeness (QED) is 0.802. The molecule has 3 nitrogen and oxygen atoms in total. The zero-order valence-electron chi connectivity index (χ0n) is 12.4.